The summed E-state index contributed by atoms with van der Waals surface area (Å²) in [5.74, 6) is 0.364. The van der Waals surface area contributed by atoms with Gasteiger partial charge in [0, 0.05) is 33.8 Å². The zero-order chi connectivity index (χ0) is 23.7. The summed E-state index contributed by atoms with van der Waals surface area (Å²) >= 11 is 3.52. The fourth-order valence-electron chi connectivity index (χ4n) is 4.78. The molecule has 1 aliphatic carbocycles. The van der Waals surface area contributed by atoms with E-state index in [4.69, 9.17) is 14.2 Å². The standard InChI is InChI=1S/C26H26BrNO5/c1-14-23(26(30)33-4)24(16-6-5-7-18(27)10-16)25-19(28-14)11-17(12-20(25)29)15-8-9-21(31-2)22(13-15)32-3/h5-10,13,17,24,28H,11-12H2,1-4H3/t17-,24-/m0/s1. The molecule has 0 bridgehead atoms. The van der Waals surface area contributed by atoms with E-state index in [1.54, 1.807) is 14.2 Å². The zero-order valence-electron chi connectivity index (χ0n) is 19.0. The fourth-order valence-corrected chi connectivity index (χ4v) is 5.20. The first kappa shape index (κ1) is 23.1. The lowest BCUT2D eigenvalue weighted by Gasteiger charge is -2.36. The van der Waals surface area contributed by atoms with E-state index in [1.165, 1.54) is 7.11 Å². The van der Waals surface area contributed by atoms with Crippen molar-refractivity contribution in [2.24, 2.45) is 0 Å². The molecule has 0 aromatic heterocycles. The lowest BCUT2D eigenvalue weighted by atomic mass is 9.71. The van der Waals surface area contributed by atoms with Crippen LogP contribution in [0.2, 0.25) is 0 Å². The Balaban J connectivity index is 1.78. The lowest BCUT2D eigenvalue weighted by Crippen LogP contribution is -2.36. The van der Waals surface area contributed by atoms with Gasteiger partial charge in [-0.2, -0.15) is 0 Å². The van der Waals surface area contributed by atoms with Gasteiger partial charge in [-0.25, -0.2) is 4.79 Å². The molecule has 0 spiro atoms. The number of allylic oxidation sites excluding steroid dienone is 3. The number of carbonyl (C=O) groups excluding carboxylic acids is 2. The van der Waals surface area contributed by atoms with Crippen molar-refractivity contribution in [2.45, 2.75) is 31.6 Å². The van der Waals surface area contributed by atoms with E-state index in [2.05, 4.69) is 21.2 Å². The van der Waals surface area contributed by atoms with Gasteiger partial charge >= 0.3 is 5.97 Å². The summed E-state index contributed by atoms with van der Waals surface area (Å²) in [6.45, 7) is 1.85. The van der Waals surface area contributed by atoms with Crippen LogP contribution in [0.5, 0.6) is 11.5 Å². The van der Waals surface area contributed by atoms with Crippen LogP contribution in [0.3, 0.4) is 0 Å². The van der Waals surface area contributed by atoms with Gasteiger partial charge in [0.1, 0.15) is 0 Å². The van der Waals surface area contributed by atoms with E-state index in [0.29, 0.717) is 41.2 Å². The Labute approximate surface area is 201 Å². The van der Waals surface area contributed by atoms with Crippen LogP contribution in [0.15, 0.2) is 69.5 Å². The molecule has 0 fully saturated rings. The molecule has 0 amide bonds. The van der Waals surface area contributed by atoms with Gasteiger partial charge in [0.15, 0.2) is 17.3 Å². The minimum Gasteiger partial charge on any atom is -0.493 e. The van der Waals surface area contributed by atoms with E-state index in [0.717, 1.165) is 21.3 Å². The molecule has 2 atom stereocenters. The molecule has 1 aliphatic heterocycles. The number of esters is 1. The van der Waals surface area contributed by atoms with Crippen molar-refractivity contribution in [3.8, 4) is 11.5 Å². The summed E-state index contributed by atoms with van der Waals surface area (Å²) in [7, 11) is 4.56. The molecule has 7 heteroatoms. The highest BCUT2D eigenvalue weighted by Gasteiger charge is 2.41. The number of benzene rings is 2. The van der Waals surface area contributed by atoms with Crippen molar-refractivity contribution in [1.29, 1.82) is 0 Å². The van der Waals surface area contributed by atoms with Gasteiger partial charge in [-0.15, -0.1) is 0 Å². The van der Waals surface area contributed by atoms with Crippen LogP contribution in [0.1, 0.15) is 42.7 Å². The number of carbonyl (C=O) groups is 2. The number of halogens is 1. The third kappa shape index (κ3) is 4.29. The molecule has 2 aliphatic rings. The Bertz CT molecular complexity index is 1180. The van der Waals surface area contributed by atoms with Gasteiger partial charge in [0.2, 0.25) is 0 Å². The van der Waals surface area contributed by atoms with Crippen molar-refractivity contribution < 1.29 is 23.8 Å². The molecule has 2 aromatic carbocycles. The number of ketones is 1. The van der Waals surface area contributed by atoms with Crippen LogP contribution >= 0.6 is 15.9 Å². The highest BCUT2D eigenvalue weighted by Crippen LogP contribution is 2.46. The van der Waals surface area contributed by atoms with Crippen LogP contribution in [0, 0.1) is 0 Å². The summed E-state index contributed by atoms with van der Waals surface area (Å²) in [5.41, 5.74) is 4.53. The molecular weight excluding hydrogens is 486 g/mol. The molecule has 172 valence electrons. The average Bonchev–Trinajstić information content (AvgIpc) is 2.82. The number of methoxy groups -OCH3 is 3. The normalized spacial score (nSPS) is 20.2. The molecule has 33 heavy (non-hydrogen) atoms. The quantitative estimate of drug-likeness (QED) is 0.569. The molecular formula is C26H26BrNO5. The summed E-state index contributed by atoms with van der Waals surface area (Å²) in [6, 6.07) is 13.5. The summed E-state index contributed by atoms with van der Waals surface area (Å²) < 4.78 is 16.8. The van der Waals surface area contributed by atoms with Crippen molar-refractivity contribution in [1.82, 2.24) is 5.32 Å². The van der Waals surface area contributed by atoms with E-state index in [9.17, 15) is 9.59 Å². The summed E-state index contributed by atoms with van der Waals surface area (Å²) in [6.07, 6.45) is 0.987. The first-order valence-electron chi connectivity index (χ1n) is 10.7. The first-order valence-corrected chi connectivity index (χ1v) is 11.5. The van der Waals surface area contributed by atoms with Crippen LogP contribution < -0.4 is 14.8 Å². The highest BCUT2D eigenvalue weighted by molar-refractivity contribution is 9.10. The van der Waals surface area contributed by atoms with Crippen LogP contribution in [0.4, 0.5) is 0 Å². The van der Waals surface area contributed by atoms with Gasteiger partial charge in [-0.1, -0.05) is 34.1 Å². The monoisotopic (exact) mass is 511 g/mol. The Morgan fingerprint density at radius 2 is 1.76 bits per heavy atom. The van der Waals surface area contributed by atoms with Crippen molar-refractivity contribution in [2.75, 3.05) is 21.3 Å². The number of dihydropyridines is 1. The third-order valence-corrected chi connectivity index (χ3v) is 6.79. The van der Waals surface area contributed by atoms with Crippen molar-refractivity contribution in [3.63, 3.8) is 0 Å². The summed E-state index contributed by atoms with van der Waals surface area (Å²) in [4.78, 5) is 26.3. The Hall–Kier alpha value is -3.06. The van der Waals surface area contributed by atoms with Crippen molar-refractivity contribution >= 4 is 27.7 Å². The van der Waals surface area contributed by atoms with Gasteiger partial charge in [0.25, 0.3) is 0 Å². The number of ether oxygens (including phenoxy) is 3. The predicted molar refractivity (Wildman–Crippen MR) is 128 cm³/mol. The SMILES string of the molecule is COC(=O)C1=C(C)NC2=C(C(=O)C[C@@H](c3ccc(OC)c(OC)c3)C2)[C@H]1c1cccc(Br)c1. The molecule has 0 radical (unpaired) electrons. The van der Waals surface area contributed by atoms with Gasteiger partial charge in [0.05, 0.1) is 26.9 Å². The second-order valence-corrected chi connectivity index (χ2v) is 9.09. The van der Waals surface area contributed by atoms with Gasteiger partial charge in [-0.05, 0) is 54.7 Å². The van der Waals surface area contributed by atoms with Gasteiger partial charge in [-0.3, -0.25) is 4.79 Å². The Kier molecular flexibility index (Phi) is 6.61. The van der Waals surface area contributed by atoms with Crippen LogP contribution in [-0.4, -0.2) is 33.1 Å². The summed E-state index contributed by atoms with van der Waals surface area (Å²) in [5, 5.41) is 3.35. The maximum Gasteiger partial charge on any atom is 0.336 e. The van der Waals surface area contributed by atoms with E-state index in [-0.39, 0.29) is 11.7 Å². The zero-order valence-corrected chi connectivity index (χ0v) is 20.6. The molecule has 0 unspecified atom stereocenters. The Morgan fingerprint density at radius 3 is 2.42 bits per heavy atom. The molecule has 6 nitrogen and oxygen atoms in total. The molecule has 2 aromatic rings. The minimum absolute atomic E-state index is 0.0146. The number of nitrogens with one attached hydrogen (secondary N) is 1. The first-order chi connectivity index (χ1) is 15.9. The van der Waals surface area contributed by atoms with Crippen LogP contribution in [-0.2, 0) is 14.3 Å². The van der Waals surface area contributed by atoms with Crippen LogP contribution in [0.25, 0.3) is 0 Å². The van der Waals surface area contributed by atoms with Crippen molar-refractivity contribution in [3.05, 3.63) is 80.6 Å². The Morgan fingerprint density at radius 1 is 1.00 bits per heavy atom. The maximum absolute atomic E-state index is 13.6. The number of hydrogen-bond acceptors (Lipinski definition) is 6. The average molecular weight is 512 g/mol. The topological polar surface area (TPSA) is 73.9 Å². The van der Waals surface area contributed by atoms with Gasteiger partial charge < -0.3 is 19.5 Å². The van der Waals surface area contributed by atoms with E-state index < -0.39 is 11.9 Å². The predicted octanol–water partition coefficient (Wildman–Crippen LogP) is 5.00. The minimum atomic E-state index is -0.481. The largest absolute Gasteiger partial charge is 0.493 e. The fraction of sp³-hybridized carbons (Fsp3) is 0.308. The lowest BCUT2D eigenvalue weighted by molar-refractivity contribution is -0.136. The highest BCUT2D eigenvalue weighted by atomic mass is 79.9. The number of rotatable bonds is 5. The van der Waals surface area contributed by atoms with E-state index >= 15 is 0 Å². The number of hydrogen-bond donors (Lipinski definition) is 1. The molecule has 0 saturated heterocycles. The molecule has 0 saturated carbocycles. The van der Waals surface area contributed by atoms with E-state index in [1.807, 2.05) is 49.4 Å². The smallest absolute Gasteiger partial charge is 0.336 e. The molecule has 1 heterocycles. The molecule has 1 N–H and O–H groups in total. The molecule has 4 rings (SSSR count). The number of Topliss-reactive ketones (excluding diaryl/α,β-unsaturated/α-hetero) is 1. The second-order valence-electron chi connectivity index (χ2n) is 8.18. The maximum atomic E-state index is 13.6. The third-order valence-electron chi connectivity index (χ3n) is 6.29. The second kappa shape index (κ2) is 9.43.